The van der Waals surface area contributed by atoms with Crippen LogP contribution in [-0.2, 0) is 13.1 Å². The highest BCUT2D eigenvalue weighted by Gasteiger charge is 2.26. The minimum atomic E-state index is -0.0905. The number of ketones is 2. The minimum absolute atomic E-state index is 0. The van der Waals surface area contributed by atoms with Gasteiger partial charge in [-0.25, -0.2) is 9.97 Å². The maximum atomic E-state index is 14.1. The third kappa shape index (κ3) is 11.2. The summed E-state index contributed by atoms with van der Waals surface area (Å²) in [6.07, 6.45) is 4.41. The molecule has 0 radical (unpaired) electrons. The fourth-order valence-corrected chi connectivity index (χ4v) is 10.2. The molecule has 370 valence electrons. The molecule has 10 nitrogen and oxygen atoms in total. The molecule has 2 fully saturated rings. The largest absolute Gasteiger partial charge is 0.316 e. The Morgan fingerprint density at radius 2 is 1.03 bits per heavy atom. The molecule has 0 bridgehead atoms. The van der Waals surface area contributed by atoms with Gasteiger partial charge in [-0.3, -0.25) is 28.3 Å². The lowest BCUT2D eigenvalue weighted by Crippen LogP contribution is -2.42. The molecule has 72 heavy (non-hydrogen) atoms. The monoisotopic (exact) mass is 961 g/mol. The topological polar surface area (TPSA) is 119 Å². The van der Waals surface area contributed by atoms with Gasteiger partial charge >= 0.3 is 0 Å². The number of nitrogens with zero attached hydrogens (tertiary/aromatic N) is 5. The Bertz CT molecular complexity index is 3370. The van der Waals surface area contributed by atoms with Crippen LogP contribution in [0, 0.1) is 39.5 Å². The molecule has 10 rings (SSSR count). The van der Waals surface area contributed by atoms with Crippen molar-refractivity contribution in [3.63, 3.8) is 0 Å². The normalized spacial score (nSPS) is 16.0. The van der Waals surface area contributed by atoms with E-state index < -0.39 is 0 Å². The predicted molar refractivity (Wildman–Crippen MR) is 293 cm³/mol. The maximum Gasteiger partial charge on any atom is 0.261 e. The first-order valence-corrected chi connectivity index (χ1v) is 25.2. The summed E-state index contributed by atoms with van der Waals surface area (Å²) >= 11 is 0. The Kier molecular flexibility index (Phi) is 16.0. The van der Waals surface area contributed by atoms with Crippen molar-refractivity contribution in [1.29, 1.82) is 0 Å². The summed E-state index contributed by atoms with van der Waals surface area (Å²) in [6.45, 7) is 17.8. The van der Waals surface area contributed by atoms with Crippen molar-refractivity contribution in [1.82, 2.24) is 29.3 Å². The van der Waals surface area contributed by atoms with Gasteiger partial charge in [0.25, 0.3) is 11.1 Å². The number of rotatable bonds is 11. The Balaban J connectivity index is 0.000000191. The average Bonchev–Trinajstić information content (AvgIpc) is 3.39. The van der Waals surface area contributed by atoms with E-state index in [0.29, 0.717) is 86.7 Å². The first kappa shape index (κ1) is 51.2. The highest BCUT2D eigenvalue weighted by Crippen LogP contribution is 2.28. The molecule has 2 aliphatic rings. The van der Waals surface area contributed by atoms with Crippen LogP contribution in [0.4, 0.5) is 0 Å². The molecule has 2 atom stereocenters. The third-order valence-corrected chi connectivity index (χ3v) is 14.4. The van der Waals surface area contributed by atoms with Crippen LogP contribution in [0.25, 0.3) is 44.6 Å². The van der Waals surface area contributed by atoms with Crippen LogP contribution in [0.5, 0.6) is 0 Å². The summed E-state index contributed by atoms with van der Waals surface area (Å²) in [6, 6.07) is 42.3. The Hall–Kier alpha value is -7.14. The quantitative estimate of drug-likeness (QED) is 0.127. The number of hydrogen-bond acceptors (Lipinski definition) is 8. The Morgan fingerprint density at radius 3 is 1.47 bits per heavy atom. The van der Waals surface area contributed by atoms with E-state index in [1.54, 1.807) is 30.3 Å². The fraction of sp³-hybridized carbons (Fsp3) is 0.323. The first-order chi connectivity index (χ1) is 34.3. The van der Waals surface area contributed by atoms with Gasteiger partial charge in [0.15, 0.2) is 11.6 Å². The molecule has 4 heterocycles. The van der Waals surface area contributed by atoms with Gasteiger partial charge in [-0.15, -0.1) is 0 Å². The number of benzene rings is 6. The molecule has 0 amide bonds. The average molecular weight is 961 g/mol. The van der Waals surface area contributed by atoms with Gasteiger partial charge in [-0.2, -0.15) is 0 Å². The number of carbonyl (C=O) groups is 2. The van der Waals surface area contributed by atoms with Crippen molar-refractivity contribution in [3.8, 4) is 22.8 Å². The lowest BCUT2D eigenvalue weighted by atomic mass is 9.96. The molecular weight excluding hydrogens is 893 g/mol. The van der Waals surface area contributed by atoms with Crippen LogP contribution in [0.3, 0.4) is 0 Å². The van der Waals surface area contributed by atoms with E-state index in [4.69, 9.17) is 9.97 Å². The van der Waals surface area contributed by atoms with Gasteiger partial charge < -0.3 is 10.2 Å². The summed E-state index contributed by atoms with van der Waals surface area (Å²) < 4.78 is 3.68. The molecule has 0 unspecified atom stereocenters. The van der Waals surface area contributed by atoms with Gasteiger partial charge in [-0.1, -0.05) is 116 Å². The van der Waals surface area contributed by atoms with Crippen LogP contribution < -0.4 is 16.4 Å². The molecule has 0 spiro atoms. The van der Waals surface area contributed by atoms with E-state index in [-0.39, 0.29) is 30.1 Å². The van der Waals surface area contributed by atoms with Crippen LogP contribution in [0.15, 0.2) is 143 Å². The molecule has 2 saturated heterocycles. The number of aryl methyl sites for hydroxylation is 4. The molecule has 10 heteroatoms. The van der Waals surface area contributed by atoms with Crippen LogP contribution in [0.1, 0.15) is 101 Å². The number of hydrogen-bond donors (Lipinski definition) is 1. The van der Waals surface area contributed by atoms with Crippen molar-refractivity contribution < 1.29 is 9.59 Å². The van der Waals surface area contributed by atoms with Gasteiger partial charge in [0.1, 0.15) is 11.6 Å². The second-order valence-electron chi connectivity index (χ2n) is 20.0. The Morgan fingerprint density at radius 1 is 0.583 bits per heavy atom. The highest BCUT2D eigenvalue weighted by atomic mass is 16.1. The van der Waals surface area contributed by atoms with Crippen molar-refractivity contribution >= 4 is 33.4 Å². The lowest BCUT2D eigenvalue weighted by Gasteiger charge is -2.36. The number of nitrogens with one attached hydrogen (secondary N) is 1. The second kappa shape index (κ2) is 22.5. The summed E-state index contributed by atoms with van der Waals surface area (Å²) in [4.78, 5) is 66.7. The molecule has 0 saturated carbocycles. The standard InChI is InChI=1S/C32H35N3O2.C29H29N3O2.CH4/c1-21(2)34-17-7-9-24(19-34)20-35-31(27-10-6-5-8-23(27)4)33-29-16-15-26(18-28(29)32(35)37)30(36)25-13-11-22(3)12-14-25;1-19-9-11-22(12-10-19)27(33)23-13-14-26-25(16-23)29(34)32(18-21-7-5-15-30-17-21)28(31-26)24-8-4-3-6-20(24)2;/h5-6,8,10-16,18,21,24H,7,9,17,19-20H2,1-4H3;3-4,6,8-14,16,21,30H,5,7,15,17-18H2,1-2H3;1H4/t24-;21-;/m00./s1. The number of aromatic nitrogens is 4. The van der Waals surface area contributed by atoms with Gasteiger partial charge in [0.2, 0.25) is 0 Å². The number of piperidine rings is 2. The lowest BCUT2D eigenvalue weighted by molar-refractivity contribution is 0.103. The molecule has 6 aromatic carbocycles. The van der Waals surface area contributed by atoms with Crippen LogP contribution >= 0.6 is 0 Å². The summed E-state index contributed by atoms with van der Waals surface area (Å²) in [7, 11) is 0. The zero-order chi connectivity index (χ0) is 49.8. The predicted octanol–water partition coefficient (Wildman–Crippen LogP) is 11.6. The number of likely N-dealkylation sites (tertiary alicyclic amines) is 1. The molecular formula is C62H68N6O4. The van der Waals surface area contributed by atoms with E-state index in [0.717, 1.165) is 85.2 Å². The van der Waals surface area contributed by atoms with E-state index >= 15 is 0 Å². The zero-order valence-corrected chi connectivity index (χ0v) is 41.9. The van der Waals surface area contributed by atoms with E-state index in [1.165, 1.54) is 0 Å². The molecule has 8 aromatic rings. The zero-order valence-electron chi connectivity index (χ0n) is 41.9. The van der Waals surface area contributed by atoms with Crippen molar-refractivity contribution in [3.05, 3.63) is 199 Å². The van der Waals surface area contributed by atoms with Gasteiger partial charge in [-0.05, 0) is 146 Å². The minimum Gasteiger partial charge on any atom is -0.316 e. The number of carbonyl (C=O) groups excluding carboxylic acids is 2. The van der Waals surface area contributed by atoms with Crippen molar-refractivity contribution in [2.75, 3.05) is 26.2 Å². The van der Waals surface area contributed by atoms with Gasteiger partial charge in [0.05, 0.1) is 21.8 Å². The second-order valence-corrected chi connectivity index (χ2v) is 20.0. The van der Waals surface area contributed by atoms with Crippen LogP contribution in [0.2, 0.25) is 0 Å². The highest BCUT2D eigenvalue weighted by molar-refractivity contribution is 6.11. The van der Waals surface area contributed by atoms with Crippen LogP contribution in [-0.4, -0.2) is 67.8 Å². The first-order valence-electron chi connectivity index (χ1n) is 25.2. The van der Waals surface area contributed by atoms with E-state index in [9.17, 15) is 19.2 Å². The Labute approximate surface area is 423 Å². The summed E-state index contributed by atoms with van der Waals surface area (Å²) in [5.74, 6) is 1.95. The molecule has 2 aliphatic heterocycles. The third-order valence-electron chi connectivity index (χ3n) is 14.4. The molecule has 1 N–H and O–H groups in total. The number of fused-ring (bicyclic) bond motifs is 2. The SMILES string of the molecule is C.Cc1ccc(C(=O)c2ccc3nc(-c4ccccc4C)n(C[C@H]4CCCN(C(C)C)C4)c(=O)c3c2)cc1.Cc1ccc(C(=O)c2ccc3nc(-c4ccccc4C)n(C[C@H]4CCCNC4)c(=O)c3c2)cc1. The molecule has 2 aromatic heterocycles. The van der Waals surface area contributed by atoms with Gasteiger partial charge in [0, 0.05) is 59.1 Å². The van der Waals surface area contributed by atoms with Crippen molar-refractivity contribution in [2.24, 2.45) is 11.8 Å². The van der Waals surface area contributed by atoms with E-state index in [1.807, 2.05) is 127 Å². The molecule has 0 aliphatic carbocycles. The fourth-order valence-electron chi connectivity index (χ4n) is 10.2. The maximum absolute atomic E-state index is 14.1. The van der Waals surface area contributed by atoms with Crippen molar-refractivity contribution in [2.45, 2.75) is 93.8 Å². The summed E-state index contributed by atoms with van der Waals surface area (Å²) in [5.41, 5.74) is 9.60. The van der Waals surface area contributed by atoms with E-state index in [2.05, 4.69) is 37.1 Å². The smallest absolute Gasteiger partial charge is 0.261 e. The summed E-state index contributed by atoms with van der Waals surface area (Å²) in [5, 5.41) is 4.43.